The molecule has 0 fully saturated rings. The fourth-order valence-electron chi connectivity index (χ4n) is 3.31. The predicted molar refractivity (Wildman–Crippen MR) is 120 cm³/mol. The van der Waals surface area contributed by atoms with Gasteiger partial charge in [0.2, 0.25) is 5.88 Å². The molecular formula is C26H18N2O4. The highest BCUT2D eigenvalue weighted by molar-refractivity contribution is 6.05. The van der Waals surface area contributed by atoms with Crippen LogP contribution in [-0.4, -0.2) is 11.9 Å². The number of nitrogens with one attached hydrogen (secondary N) is 1. The van der Waals surface area contributed by atoms with Crippen molar-refractivity contribution < 1.29 is 18.7 Å². The summed E-state index contributed by atoms with van der Waals surface area (Å²) in [6.45, 7) is 1.30. The summed E-state index contributed by atoms with van der Waals surface area (Å²) in [5.74, 6) is -0.00204. The van der Waals surface area contributed by atoms with Gasteiger partial charge in [0, 0.05) is 23.6 Å². The molecule has 3 aromatic carbocycles. The minimum absolute atomic E-state index is 0.0688. The minimum Gasteiger partial charge on any atom is -0.438 e. The van der Waals surface area contributed by atoms with Gasteiger partial charge in [-0.3, -0.25) is 14.9 Å². The molecule has 0 saturated heterocycles. The van der Waals surface area contributed by atoms with E-state index in [0.29, 0.717) is 22.6 Å². The maximum absolute atomic E-state index is 12.8. The van der Waals surface area contributed by atoms with E-state index in [1.165, 1.54) is 31.2 Å². The topological polar surface area (TPSA) is 92.3 Å². The molecule has 0 saturated carbocycles. The number of carbonyl (C=O) groups is 2. The van der Waals surface area contributed by atoms with Gasteiger partial charge in [0.25, 0.3) is 5.91 Å². The number of benzene rings is 3. The van der Waals surface area contributed by atoms with E-state index in [2.05, 4.69) is 11.4 Å². The van der Waals surface area contributed by atoms with Crippen LogP contribution >= 0.6 is 0 Å². The zero-order chi connectivity index (χ0) is 22.5. The van der Waals surface area contributed by atoms with E-state index in [0.717, 1.165) is 11.1 Å². The zero-order valence-electron chi connectivity index (χ0n) is 17.2. The standard InChI is InChI=1S/C26H18N2O4/c1-17(29)31-21-14-12-20(13-15-21)25(30)28-26-22(16-27)23(18-8-4-2-5-9-18)24(32-26)19-10-6-3-7-11-19/h2-15H,1H3,(H,28,30). The third-order valence-electron chi connectivity index (χ3n) is 4.72. The quantitative estimate of drug-likeness (QED) is 0.331. The number of hydrogen-bond donors (Lipinski definition) is 1. The van der Waals surface area contributed by atoms with Crippen molar-refractivity contribution in [1.82, 2.24) is 0 Å². The Bertz CT molecular complexity index is 1300. The Hall–Kier alpha value is -4.63. The molecule has 1 aromatic heterocycles. The summed E-state index contributed by atoms with van der Waals surface area (Å²) < 4.78 is 11.0. The van der Waals surface area contributed by atoms with Crippen LogP contribution in [0.3, 0.4) is 0 Å². The summed E-state index contributed by atoms with van der Waals surface area (Å²) >= 11 is 0. The fraction of sp³-hybridized carbons (Fsp3) is 0.0385. The Morgan fingerprint density at radius 1 is 0.875 bits per heavy atom. The first-order valence-corrected chi connectivity index (χ1v) is 9.84. The van der Waals surface area contributed by atoms with Crippen LogP contribution < -0.4 is 10.1 Å². The van der Waals surface area contributed by atoms with Crippen LogP contribution in [0.25, 0.3) is 22.5 Å². The summed E-state index contributed by atoms with van der Waals surface area (Å²) in [7, 11) is 0. The zero-order valence-corrected chi connectivity index (χ0v) is 17.2. The van der Waals surface area contributed by atoms with Crippen molar-refractivity contribution in [2.24, 2.45) is 0 Å². The van der Waals surface area contributed by atoms with Gasteiger partial charge in [-0.1, -0.05) is 60.7 Å². The van der Waals surface area contributed by atoms with Crippen LogP contribution in [0.1, 0.15) is 22.8 Å². The number of carbonyl (C=O) groups excluding carboxylic acids is 2. The van der Waals surface area contributed by atoms with Gasteiger partial charge >= 0.3 is 5.97 Å². The molecule has 32 heavy (non-hydrogen) atoms. The first kappa shape index (κ1) is 20.6. The van der Waals surface area contributed by atoms with E-state index in [4.69, 9.17) is 9.15 Å². The van der Waals surface area contributed by atoms with Crippen LogP contribution in [0.2, 0.25) is 0 Å². The van der Waals surface area contributed by atoms with Crippen LogP contribution in [0.4, 0.5) is 5.88 Å². The van der Waals surface area contributed by atoms with Gasteiger partial charge in [0.15, 0.2) is 0 Å². The number of anilines is 1. The normalized spacial score (nSPS) is 10.2. The third-order valence-corrected chi connectivity index (χ3v) is 4.72. The molecule has 0 radical (unpaired) electrons. The SMILES string of the molecule is CC(=O)Oc1ccc(C(=O)Nc2oc(-c3ccccc3)c(-c3ccccc3)c2C#N)cc1. The van der Waals surface area contributed by atoms with E-state index in [-0.39, 0.29) is 11.4 Å². The molecule has 0 aliphatic carbocycles. The average Bonchev–Trinajstić information content (AvgIpc) is 3.18. The van der Waals surface area contributed by atoms with Crippen molar-refractivity contribution >= 4 is 17.8 Å². The Labute approximate surface area is 184 Å². The molecule has 6 heteroatoms. The van der Waals surface area contributed by atoms with Crippen molar-refractivity contribution in [2.45, 2.75) is 6.92 Å². The average molecular weight is 422 g/mol. The Balaban J connectivity index is 1.73. The molecule has 0 spiro atoms. The smallest absolute Gasteiger partial charge is 0.308 e. The second-order valence-corrected chi connectivity index (χ2v) is 6.93. The largest absolute Gasteiger partial charge is 0.438 e. The van der Waals surface area contributed by atoms with E-state index in [1.54, 1.807) is 0 Å². The summed E-state index contributed by atoms with van der Waals surface area (Å²) in [6, 6.07) is 27.1. The van der Waals surface area contributed by atoms with Gasteiger partial charge in [-0.05, 0) is 29.8 Å². The summed E-state index contributed by atoms with van der Waals surface area (Å²) in [4.78, 5) is 23.9. The second-order valence-electron chi connectivity index (χ2n) is 6.93. The Morgan fingerprint density at radius 2 is 1.47 bits per heavy atom. The third kappa shape index (κ3) is 4.27. The van der Waals surface area contributed by atoms with Gasteiger partial charge in [-0.25, -0.2) is 0 Å². The molecule has 6 nitrogen and oxygen atoms in total. The summed E-state index contributed by atoms with van der Waals surface area (Å²) in [5.41, 5.74) is 2.76. The van der Waals surface area contributed by atoms with E-state index in [9.17, 15) is 14.9 Å². The number of ether oxygens (including phenoxy) is 1. The molecule has 1 N–H and O–H groups in total. The number of amides is 1. The molecular weight excluding hydrogens is 404 g/mol. The van der Waals surface area contributed by atoms with Gasteiger partial charge in [-0.2, -0.15) is 5.26 Å². The maximum atomic E-state index is 12.8. The van der Waals surface area contributed by atoms with Crippen molar-refractivity contribution in [1.29, 1.82) is 5.26 Å². The minimum atomic E-state index is -0.455. The van der Waals surface area contributed by atoms with Crippen LogP contribution in [0.15, 0.2) is 89.3 Å². The van der Waals surface area contributed by atoms with Crippen LogP contribution in [0.5, 0.6) is 5.75 Å². The molecule has 0 aliphatic rings. The number of nitriles is 1. The van der Waals surface area contributed by atoms with Gasteiger partial charge in [0.1, 0.15) is 23.1 Å². The molecule has 0 atom stereocenters. The maximum Gasteiger partial charge on any atom is 0.308 e. The van der Waals surface area contributed by atoms with Crippen LogP contribution in [-0.2, 0) is 4.79 Å². The molecule has 0 aliphatic heterocycles. The number of furan rings is 1. The number of hydrogen-bond acceptors (Lipinski definition) is 5. The molecule has 0 bridgehead atoms. The van der Waals surface area contributed by atoms with Crippen molar-refractivity contribution in [2.75, 3.05) is 5.32 Å². The first-order valence-electron chi connectivity index (χ1n) is 9.84. The molecule has 0 unspecified atom stereocenters. The fourth-order valence-corrected chi connectivity index (χ4v) is 3.31. The predicted octanol–water partition coefficient (Wildman–Crippen LogP) is 5.66. The lowest BCUT2D eigenvalue weighted by molar-refractivity contribution is -0.131. The first-order chi connectivity index (χ1) is 15.6. The molecule has 4 rings (SSSR count). The molecule has 156 valence electrons. The van der Waals surface area contributed by atoms with Gasteiger partial charge in [0.05, 0.1) is 0 Å². The van der Waals surface area contributed by atoms with E-state index in [1.807, 2.05) is 60.7 Å². The summed E-state index contributed by atoms with van der Waals surface area (Å²) in [5, 5.41) is 12.6. The van der Waals surface area contributed by atoms with Crippen molar-refractivity contribution in [3.05, 3.63) is 96.1 Å². The molecule has 4 aromatic rings. The lowest BCUT2D eigenvalue weighted by Crippen LogP contribution is -2.12. The van der Waals surface area contributed by atoms with Gasteiger partial charge < -0.3 is 9.15 Å². The number of esters is 1. The summed E-state index contributed by atoms with van der Waals surface area (Å²) in [6.07, 6.45) is 0. The van der Waals surface area contributed by atoms with E-state index >= 15 is 0 Å². The second kappa shape index (κ2) is 9.02. The Kier molecular flexibility index (Phi) is 5.82. The Morgan fingerprint density at radius 3 is 2.03 bits per heavy atom. The molecule has 1 heterocycles. The molecule has 1 amide bonds. The van der Waals surface area contributed by atoms with Crippen LogP contribution in [0, 0.1) is 11.3 Å². The van der Waals surface area contributed by atoms with Crippen molar-refractivity contribution in [3.8, 4) is 34.3 Å². The van der Waals surface area contributed by atoms with Gasteiger partial charge in [-0.15, -0.1) is 0 Å². The lowest BCUT2D eigenvalue weighted by atomic mass is 9.98. The highest BCUT2D eigenvalue weighted by atomic mass is 16.5. The highest BCUT2D eigenvalue weighted by Crippen LogP contribution is 2.41. The van der Waals surface area contributed by atoms with E-state index < -0.39 is 11.9 Å². The number of rotatable bonds is 5. The highest BCUT2D eigenvalue weighted by Gasteiger charge is 2.24. The number of nitrogens with zero attached hydrogens (tertiary/aromatic N) is 1. The monoisotopic (exact) mass is 422 g/mol. The lowest BCUT2D eigenvalue weighted by Gasteiger charge is -2.05. The van der Waals surface area contributed by atoms with Crippen molar-refractivity contribution in [3.63, 3.8) is 0 Å².